The highest BCUT2D eigenvalue weighted by Crippen LogP contribution is 2.15. The Balaban J connectivity index is 2.00. The fraction of sp³-hybridized carbons (Fsp3) is 0.471. The third kappa shape index (κ3) is 4.20. The molecule has 1 unspecified atom stereocenters. The molecule has 20 heavy (non-hydrogen) atoms. The standard InChI is InChI=1S/C17H25N3/c1-4-20-13-17(12-19-20)10-16(11-18-3)9-15-7-5-14(2)6-8-15/h5-8,12-13,16,18H,4,9-11H2,1-3H3. The lowest BCUT2D eigenvalue weighted by Crippen LogP contribution is -2.22. The second-order valence-electron chi connectivity index (χ2n) is 5.52. The summed E-state index contributed by atoms with van der Waals surface area (Å²) in [5.41, 5.74) is 4.07. The summed E-state index contributed by atoms with van der Waals surface area (Å²) in [6.45, 7) is 6.22. The molecule has 0 saturated carbocycles. The van der Waals surface area contributed by atoms with Crippen molar-refractivity contribution in [1.29, 1.82) is 0 Å². The normalized spacial score (nSPS) is 12.6. The fourth-order valence-electron chi connectivity index (χ4n) is 2.58. The molecule has 0 saturated heterocycles. The van der Waals surface area contributed by atoms with Gasteiger partial charge in [0.2, 0.25) is 0 Å². The Bertz CT molecular complexity index is 513. The Morgan fingerprint density at radius 1 is 1.15 bits per heavy atom. The maximum Gasteiger partial charge on any atom is 0.0521 e. The van der Waals surface area contributed by atoms with E-state index in [4.69, 9.17) is 0 Å². The van der Waals surface area contributed by atoms with Gasteiger partial charge in [-0.05, 0) is 57.3 Å². The number of nitrogens with zero attached hydrogens (tertiary/aromatic N) is 2. The molecule has 1 aromatic carbocycles. The SMILES string of the molecule is CCn1cc(CC(CNC)Cc2ccc(C)cc2)cn1. The Hall–Kier alpha value is -1.61. The van der Waals surface area contributed by atoms with Gasteiger partial charge in [-0.1, -0.05) is 29.8 Å². The van der Waals surface area contributed by atoms with Crippen LogP contribution in [0.15, 0.2) is 36.7 Å². The molecule has 0 aliphatic carbocycles. The first-order chi connectivity index (χ1) is 9.71. The van der Waals surface area contributed by atoms with Crippen LogP contribution in [0, 0.1) is 12.8 Å². The monoisotopic (exact) mass is 271 g/mol. The molecule has 1 N–H and O–H groups in total. The minimum absolute atomic E-state index is 0.609. The molecule has 0 fully saturated rings. The first kappa shape index (κ1) is 14.8. The lowest BCUT2D eigenvalue weighted by Gasteiger charge is -2.16. The molecule has 108 valence electrons. The molecular weight excluding hydrogens is 246 g/mol. The number of aromatic nitrogens is 2. The topological polar surface area (TPSA) is 29.9 Å². The van der Waals surface area contributed by atoms with E-state index in [0.717, 1.165) is 25.9 Å². The van der Waals surface area contributed by atoms with E-state index in [1.807, 2.05) is 17.9 Å². The minimum Gasteiger partial charge on any atom is -0.319 e. The number of aryl methyl sites for hydroxylation is 2. The molecular formula is C17H25N3. The molecule has 3 nitrogen and oxygen atoms in total. The van der Waals surface area contributed by atoms with Gasteiger partial charge >= 0.3 is 0 Å². The molecule has 0 amide bonds. The van der Waals surface area contributed by atoms with Gasteiger partial charge in [0.25, 0.3) is 0 Å². The zero-order chi connectivity index (χ0) is 14.4. The lowest BCUT2D eigenvalue weighted by molar-refractivity contribution is 0.493. The number of hydrogen-bond acceptors (Lipinski definition) is 2. The van der Waals surface area contributed by atoms with Crippen LogP contribution < -0.4 is 5.32 Å². The van der Waals surface area contributed by atoms with Crippen LogP contribution in [0.5, 0.6) is 0 Å². The van der Waals surface area contributed by atoms with Gasteiger partial charge in [0, 0.05) is 12.7 Å². The summed E-state index contributed by atoms with van der Waals surface area (Å²) in [4.78, 5) is 0. The van der Waals surface area contributed by atoms with Gasteiger partial charge in [0.15, 0.2) is 0 Å². The maximum atomic E-state index is 4.36. The molecule has 2 rings (SSSR count). The molecule has 0 radical (unpaired) electrons. The largest absolute Gasteiger partial charge is 0.319 e. The number of rotatable bonds is 7. The van der Waals surface area contributed by atoms with Gasteiger partial charge in [-0.15, -0.1) is 0 Å². The second-order valence-corrected chi connectivity index (χ2v) is 5.52. The predicted octanol–water partition coefficient (Wildman–Crippen LogP) is 2.83. The summed E-state index contributed by atoms with van der Waals surface area (Å²) < 4.78 is 2.00. The maximum absolute atomic E-state index is 4.36. The van der Waals surface area contributed by atoms with E-state index in [1.54, 1.807) is 0 Å². The fourth-order valence-corrected chi connectivity index (χ4v) is 2.58. The van der Waals surface area contributed by atoms with Gasteiger partial charge in [-0.2, -0.15) is 5.10 Å². The highest BCUT2D eigenvalue weighted by Gasteiger charge is 2.11. The summed E-state index contributed by atoms with van der Waals surface area (Å²) in [5, 5.41) is 7.68. The van der Waals surface area contributed by atoms with Crippen molar-refractivity contribution in [2.75, 3.05) is 13.6 Å². The van der Waals surface area contributed by atoms with E-state index in [1.165, 1.54) is 16.7 Å². The van der Waals surface area contributed by atoms with Crippen molar-refractivity contribution in [2.45, 2.75) is 33.2 Å². The Morgan fingerprint density at radius 2 is 1.85 bits per heavy atom. The molecule has 3 heteroatoms. The van der Waals surface area contributed by atoms with Gasteiger partial charge in [0.05, 0.1) is 6.20 Å². The van der Waals surface area contributed by atoms with Gasteiger partial charge in [0.1, 0.15) is 0 Å². The molecule has 1 atom stereocenters. The van der Waals surface area contributed by atoms with Crippen LogP contribution in [0.3, 0.4) is 0 Å². The Labute approximate surface area is 122 Å². The molecule has 0 bridgehead atoms. The van der Waals surface area contributed by atoms with Crippen LogP contribution in [-0.4, -0.2) is 23.4 Å². The average Bonchev–Trinajstić information content (AvgIpc) is 2.89. The lowest BCUT2D eigenvalue weighted by atomic mass is 9.93. The number of nitrogens with one attached hydrogen (secondary N) is 1. The predicted molar refractivity (Wildman–Crippen MR) is 83.9 cm³/mol. The van der Waals surface area contributed by atoms with Crippen molar-refractivity contribution in [2.24, 2.45) is 5.92 Å². The molecule has 2 aromatic rings. The van der Waals surface area contributed by atoms with Crippen LogP contribution in [0.4, 0.5) is 0 Å². The molecule has 1 heterocycles. The first-order valence-corrected chi connectivity index (χ1v) is 7.42. The third-order valence-corrected chi connectivity index (χ3v) is 3.67. The number of hydrogen-bond donors (Lipinski definition) is 1. The first-order valence-electron chi connectivity index (χ1n) is 7.42. The van der Waals surface area contributed by atoms with Crippen LogP contribution in [0.1, 0.15) is 23.6 Å². The quantitative estimate of drug-likeness (QED) is 0.839. The highest BCUT2D eigenvalue weighted by atomic mass is 15.3. The van der Waals surface area contributed by atoms with Gasteiger partial charge < -0.3 is 5.32 Å². The van der Waals surface area contributed by atoms with E-state index in [-0.39, 0.29) is 0 Å². The van der Waals surface area contributed by atoms with Gasteiger partial charge in [-0.25, -0.2) is 0 Å². The van der Waals surface area contributed by atoms with Crippen molar-refractivity contribution in [1.82, 2.24) is 15.1 Å². The van der Waals surface area contributed by atoms with E-state index in [0.29, 0.717) is 5.92 Å². The zero-order valence-corrected chi connectivity index (χ0v) is 12.8. The molecule has 0 aliphatic heterocycles. The molecule has 0 aliphatic rings. The van der Waals surface area contributed by atoms with Crippen molar-refractivity contribution in [3.63, 3.8) is 0 Å². The summed E-state index contributed by atoms with van der Waals surface area (Å²) in [7, 11) is 2.03. The number of benzene rings is 1. The van der Waals surface area contributed by atoms with Crippen molar-refractivity contribution in [3.8, 4) is 0 Å². The van der Waals surface area contributed by atoms with Crippen LogP contribution in [0.25, 0.3) is 0 Å². The Morgan fingerprint density at radius 3 is 2.45 bits per heavy atom. The Kier molecular flexibility index (Phi) is 5.36. The van der Waals surface area contributed by atoms with Crippen molar-refractivity contribution < 1.29 is 0 Å². The van der Waals surface area contributed by atoms with E-state index in [2.05, 4.69) is 54.7 Å². The van der Waals surface area contributed by atoms with Crippen LogP contribution in [0.2, 0.25) is 0 Å². The molecule has 0 spiro atoms. The highest BCUT2D eigenvalue weighted by molar-refractivity contribution is 5.22. The summed E-state index contributed by atoms with van der Waals surface area (Å²) in [5.74, 6) is 0.609. The smallest absolute Gasteiger partial charge is 0.0521 e. The van der Waals surface area contributed by atoms with E-state index < -0.39 is 0 Å². The van der Waals surface area contributed by atoms with Crippen molar-refractivity contribution in [3.05, 3.63) is 53.3 Å². The van der Waals surface area contributed by atoms with E-state index in [9.17, 15) is 0 Å². The van der Waals surface area contributed by atoms with Crippen LogP contribution in [-0.2, 0) is 19.4 Å². The summed E-state index contributed by atoms with van der Waals surface area (Å²) in [6, 6.07) is 8.88. The average molecular weight is 271 g/mol. The zero-order valence-electron chi connectivity index (χ0n) is 12.8. The third-order valence-electron chi connectivity index (χ3n) is 3.67. The van der Waals surface area contributed by atoms with E-state index >= 15 is 0 Å². The van der Waals surface area contributed by atoms with Crippen molar-refractivity contribution >= 4 is 0 Å². The van der Waals surface area contributed by atoms with Gasteiger partial charge in [-0.3, -0.25) is 4.68 Å². The summed E-state index contributed by atoms with van der Waals surface area (Å²) >= 11 is 0. The molecule has 1 aromatic heterocycles. The van der Waals surface area contributed by atoms with Crippen LogP contribution >= 0.6 is 0 Å². The second kappa shape index (κ2) is 7.25. The summed E-state index contributed by atoms with van der Waals surface area (Å²) in [6.07, 6.45) is 6.35. The minimum atomic E-state index is 0.609.